The van der Waals surface area contributed by atoms with Gasteiger partial charge in [0.25, 0.3) is 0 Å². The monoisotopic (exact) mass is 265 g/mol. The van der Waals surface area contributed by atoms with Gasteiger partial charge >= 0.3 is 5.97 Å². The van der Waals surface area contributed by atoms with Crippen LogP contribution < -0.4 is 4.74 Å². The second kappa shape index (κ2) is 7.12. The van der Waals surface area contributed by atoms with Crippen LogP contribution in [0.5, 0.6) is 5.88 Å². The summed E-state index contributed by atoms with van der Waals surface area (Å²) in [5.41, 5.74) is 0.983. The maximum absolute atomic E-state index is 11.1. The van der Waals surface area contributed by atoms with Gasteiger partial charge in [-0.25, -0.2) is 9.78 Å². The van der Waals surface area contributed by atoms with Gasteiger partial charge in [-0.05, 0) is 30.7 Å². The molecule has 0 bridgehead atoms. The molecule has 0 unspecified atom stereocenters. The number of hydrogen-bond acceptors (Lipinski definition) is 3. The van der Waals surface area contributed by atoms with E-state index in [1.54, 1.807) is 6.07 Å². The van der Waals surface area contributed by atoms with Gasteiger partial charge in [-0.1, -0.05) is 27.7 Å². The molecule has 106 valence electrons. The second-order valence-electron chi connectivity index (χ2n) is 5.46. The van der Waals surface area contributed by atoms with Crippen molar-refractivity contribution in [3.05, 3.63) is 23.4 Å². The quantitative estimate of drug-likeness (QED) is 0.763. The maximum Gasteiger partial charge on any atom is 0.335 e. The molecule has 19 heavy (non-hydrogen) atoms. The third-order valence-corrected chi connectivity index (χ3v) is 2.84. The summed E-state index contributed by atoms with van der Waals surface area (Å²) in [6.45, 7) is 8.87. The standard InChI is InChI=1S/C15H23NO3/c1-10(2)6-5-7-19-14-9-12(15(17)18)8-13(16-14)11(3)4/h8-11H,5-7H2,1-4H3,(H,17,18). The van der Waals surface area contributed by atoms with E-state index in [4.69, 9.17) is 9.84 Å². The normalized spacial score (nSPS) is 11.1. The average molecular weight is 265 g/mol. The molecule has 0 aliphatic heterocycles. The summed E-state index contributed by atoms with van der Waals surface area (Å²) in [7, 11) is 0. The van der Waals surface area contributed by atoms with E-state index < -0.39 is 5.97 Å². The third kappa shape index (κ3) is 5.28. The highest BCUT2D eigenvalue weighted by atomic mass is 16.5. The number of carboxylic acid groups (broad SMARTS) is 1. The molecule has 0 atom stereocenters. The van der Waals surface area contributed by atoms with E-state index in [1.165, 1.54) is 6.07 Å². The van der Waals surface area contributed by atoms with Crippen molar-refractivity contribution >= 4 is 5.97 Å². The first-order valence-electron chi connectivity index (χ1n) is 6.78. The molecule has 4 heteroatoms. The largest absolute Gasteiger partial charge is 0.478 e. The highest BCUT2D eigenvalue weighted by Crippen LogP contribution is 2.19. The van der Waals surface area contributed by atoms with Crippen molar-refractivity contribution < 1.29 is 14.6 Å². The van der Waals surface area contributed by atoms with Crippen LogP contribution in [0.4, 0.5) is 0 Å². The number of hydrogen-bond donors (Lipinski definition) is 1. The van der Waals surface area contributed by atoms with Gasteiger partial charge < -0.3 is 9.84 Å². The Balaban J connectivity index is 2.73. The first-order valence-corrected chi connectivity index (χ1v) is 6.78. The fraction of sp³-hybridized carbons (Fsp3) is 0.600. The van der Waals surface area contributed by atoms with Crippen LogP contribution in [0.2, 0.25) is 0 Å². The molecule has 1 aromatic heterocycles. The van der Waals surface area contributed by atoms with Crippen LogP contribution in [0, 0.1) is 5.92 Å². The van der Waals surface area contributed by atoms with Crippen molar-refractivity contribution in [2.24, 2.45) is 5.92 Å². The number of rotatable bonds is 7. The zero-order valence-corrected chi connectivity index (χ0v) is 12.1. The molecule has 4 nitrogen and oxygen atoms in total. The molecule has 1 N–H and O–H groups in total. The number of ether oxygens (including phenoxy) is 1. The van der Waals surface area contributed by atoms with Gasteiger partial charge in [-0.15, -0.1) is 0 Å². The molecule has 1 rings (SSSR count). The number of carbonyl (C=O) groups is 1. The van der Waals surface area contributed by atoms with Crippen LogP contribution in [0.15, 0.2) is 12.1 Å². The number of aromatic carboxylic acids is 1. The maximum atomic E-state index is 11.1. The second-order valence-corrected chi connectivity index (χ2v) is 5.46. The Morgan fingerprint density at radius 1 is 1.32 bits per heavy atom. The van der Waals surface area contributed by atoms with E-state index in [2.05, 4.69) is 18.8 Å². The zero-order valence-electron chi connectivity index (χ0n) is 12.1. The third-order valence-electron chi connectivity index (χ3n) is 2.84. The lowest BCUT2D eigenvalue weighted by Crippen LogP contribution is -2.06. The molecule has 0 spiro atoms. The zero-order chi connectivity index (χ0) is 14.4. The Bertz CT molecular complexity index is 427. The van der Waals surface area contributed by atoms with Gasteiger partial charge in [0.05, 0.1) is 12.2 Å². The fourth-order valence-corrected chi connectivity index (χ4v) is 1.69. The van der Waals surface area contributed by atoms with Crippen LogP contribution in [-0.2, 0) is 0 Å². The van der Waals surface area contributed by atoms with Gasteiger partial charge in [0.15, 0.2) is 0 Å². The summed E-state index contributed by atoms with van der Waals surface area (Å²) in [6, 6.07) is 3.09. The summed E-state index contributed by atoms with van der Waals surface area (Å²) in [5.74, 6) is 0.286. The lowest BCUT2D eigenvalue weighted by Gasteiger charge is -2.11. The number of nitrogens with zero attached hydrogens (tertiary/aromatic N) is 1. The SMILES string of the molecule is CC(C)CCCOc1cc(C(=O)O)cc(C(C)C)n1. The first kappa shape index (κ1) is 15.5. The van der Waals surface area contributed by atoms with Crippen LogP contribution in [0.25, 0.3) is 0 Å². The molecule has 1 aromatic rings. The van der Waals surface area contributed by atoms with E-state index in [-0.39, 0.29) is 11.5 Å². The van der Waals surface area contributed by atoms with Crippen molar-refractivity contribution in [1.82, 2.24) is 4.98 Å². The highest BCUT2D eigenvalue weighted by molar-refractivity contribution is 5.88. The summed E-state index contributed by atoms with van der Waals surface area (Å²) in [6.07, 6.45) is 2.04. The van der Waals surface area contributed by atoms with Crippen molar-refractivity contribution in [3.63, 3.8) is 0 Å². The first-order chi connectivity index (χ1) is 8.90. The lowest BCUT2D eigenvalue weighted by molar-refractivity contribution is 0.0696. The number of aromatic nitrogens is 1. The number of carboxylic acids is 1. The van der Waals surface area contributed by atoms with Crippen LogP contribution >= 0.6 is 0 Å². The van der Waals surface area contributed by atoms with E-state index in [9.17, 15) is 4.79 Å². The molecule has 0 aliphatic rings. The Morgan fingerprint density at radius 2 is 2.00 bits per heavy atom. The summed E-state index contributed by atoms with van der Waals surface area (Å²) >= 11 is 0. The molecule has 0 saturated heterocycles. The van der Waals surface area contributed by atoms with Gasteiger partial charge in [0.2, 0.25) is 5.88 Å². The van der Waals surface area contributed by atoms with E-state index in [0.29, 0.717) is 18.4 Å². The Hall–Kier alpha value is -1.58. The molecule has 0 aromatic carbocycles. The van der Waals surface area contributed by atoms with Crippen molar-refractivity contribution in [1.29, 1.82) is 0 Å². The van der Waals surface area contributed by atoms with Gasteiger partial charge in [-0.2, -0.15) is 0 Å². The van der Waals surface area contributed by atoms with Crippen LogP contribution in [-0.4, -0.2) is 22.7 Å². The molecule has 1 heterocycles. The summed E-state index contributed by atoms with van der Waals surface area (Å²) in [4.78, 5) is 15.4. The van der Waals surface area contributed by atoms with Gasteiger partial charge in [0, 0.05) is 11.8 Å². The van der Waals surface area contributed by atoms with E-state index in [0.717, 1.165) is 18.5 Å². The molecular weight excluding hydrogens is 242 g/mol. The van der Waals surface area contributed by atoms with E-state index in [1.807, 2.05) is 13.8 Å². The summed E-state index contributed by atoms with van der Waals surface area (Å²) < 4.78 is 5.56. The molecular formula is C15H23NO3. The smallest absolute Gasteiger partial charge is 0.335 e. The fourth-order valence-electron chi connectivity index (χ4n) is 1.69. The highest BCUT2D eigenvalue weighted by Gasteiger charge is 2.11. The number of pyridine rings is 1. The predicted octanol–water partition coefficient (Wildman–Crippen LogP) is 3.72. The Morgan fingerprint density at radius 3 is 2.53 bits per heavy atom. The van der Waals surface area contributed by atoms with Gasteiger partial charge in [-0.3, -0.25) is 0 Å². The minimum atomic E-state index is -0.948. The Kier molecular flexibility index (Phi) is 5.80. The Labute approximate surface area is 114 Å². The minimum Gasteiger partial charge on any atom is -0.478 e. The van der Waals surface area contributed by atoms with Crippen molar-refractivity contribution in [2.75, 3.05) is 6.61 Å². The molecule has 0 aliphatic carbocycles. The molecule has 0 fully saturated rings. The minimum absolute atomic E-state index is 0.178. The average Bonchev–Trinajstić information content (AvgIpc) is 2.34. The van der Waals surface area contributed by atoms with Crippen molar-refractivity contribution in [2.45, 2.75) is 46.5 Å². The molecule has 0 saturated carbocycles. The lowest BCUT2D eigenvalue weighted by atomic mass is 10.1. The van der Waals surface area contributed by atoms with E-state index >= 15 is 0 Å². The molecule has 0 radical (unpaired) electrons. The van der Waals surface area contributed by atoms with Crippen LogP contribution in [0.1, 0.15) is 62.5 Å². The summed E-state index contributed by atoms with van der Waals surface area (Å²) in [5, 5.41) is 9.08. The topological polar surface area (TPSA) is 59.4 Å². The van der Waals surface area contributed by atoms with Gasteiger partial charge in [0.1, 0.15) is 0 Å². The predicted molar refractivity (Wildman–Crippen MR) is 74.9 cm³/mol. The van der Waals surface area contributed by atoms with Crippen molar-refractivity contribution in [3.8, 4) is 5.88 Å². The van der Waals surface area contributed by atoms with Crippen LogP contribution in [0.3, 0.4) is 0 Å². The molecule has 0 amide bonds.